The van der Waals surface area contributed by atoms with Gasteiger partial charge in [-0.1, -0.05) is 13.3 Å². The Balaban J connectivity index is 2.19. The topological polar surface area (TPSA) is 50.3 Å². The van der Waals surface area contributed by atoms with Crippen molar-refractivity contribution < 1.29 is 0 Å². The quantitative estimate of drug-likeness (QED) is 0.864. The Labute approximate surface area is 122 Å². The minimum absolute atomic E-state index is 0.302. The van der Waals surface area contributed by atoms with Crippen LogP contribution in [0, 0.1) is 0 Å². The summed E-state index contributed by atoms with van der Waals surface area (Å²) in [6.07, 6.45) is 5.89. The van der Waals surface area contributed by atoms with E-state index in [0.29, 0.717) is 5.54 Å². The van der Waals surface area contributed by atoms with Crippen LogP contribution >= 0.6 is 0 Å². The molecule has 0 spiro atoms. The van der Waals surface area contributed by atoms with Crippen LogP contribution in [0.25, 0.3) is 0 Å². The van der Waals surface area contributed by atoms with Crippen LogP contribution in [-0.2, 0) is 13.5 Å². The number of nitrogen functional groups attached to an aromatic ring is 1. The minimum atomic E-state index is 0.302. The molecular formula is C15H29N5. The summed E-state index contributed by atoms with van der Waals surface area (Å²) in [6, 6.07) is 0. The number of hydrogen-bond acceptors (Lipinski definition) is 4. The molecule has 0 atom stereocenters. The molecule has 0 saturated heterocycles. The van der Waals surface area contributed by atoms with Crippen molar-refractivity contribution in [2.24, 2.45) is 7.05 Å². The van der Waals surface area contributed by atoms with E-state index in [1.807, 2.05) is 11.7 Å². The average molecular weight is 279 g/mol. The van der Waals surface area contributed by atoms with Crippen LogP contribution in [0.3, 0.4) is 0 Å². The Morgan fingerprint density at radius 2 is 1.95 bits per heavy atom. The van der Waals surface area contributed by atoms with Crippen molar-refractivity contribution in [3.8, 4) is 0 Å². The van der Waals surface area contributed by atoms with Crippen LogP contribution in [0.15, 0.2) is 0 Å². The molecule has 114 valence electrons. The zero-order valence-corrected chi connectivity index (χ0v) is 13.6. The lowest BCUT2D eigenvalue weighted by Crippen LogP contribution is -2.57. The smallest absolute Gasteiger partial charge is 0.150 e. The predicted octanol–water partition coefficient (Wildman–Crippen LogP) is 1.88. The van der Waals surface area contributed by atoms with E-state index in [1.165, 1.54) is 19.3 Å². The van der Waals surface area contributed by atoms with E-state index in [2.05, 4.69) is 43.0 Å². The maximum absolute atomic E-state index is 6.31. The van der Waals surface area contributed by atoms with Crippen LogP contribution in [0.2, 0.25) is 0 Å². The standard InChI is InChI=1S/C15H29N5/c1-6-8-12-13(16)14(20(5)17-12)19(4)11-15(18(2)3)9-7-10-15/h6-11,16H2,1-5H3. The molecule has 0 amide bonds. The van der Waals surface area contributed by atoms with Gasteiger partial charge >= 0.3 is 0 Å². The van der Waals surface area contributed by atoms with E-state index >= 15 is 0 Å². The summed E-state index contributed by atoms with van der Waals surface area (Å²) in [5.74, 6) is 1.06. The number of nitrogens with two attached hydrogens (primary N) is 1. The zero-order valence-electron chi connectivity index (χ0n) is 13.6. The lowest BCUT2D eigenvalue weighted by molar-refractivity contribution is 0.0681. The summed E-state index contributed by atoms with van der Waals surface area (Å²) in [4.78, 5) is 4.65. The number of anilines is 2. The largest absolute Gasteiger partial charge is 0.394 e. The van der Waals surface area contributed by atoms with Crippen LogP contribution in [0.4, 0.5) is 11.5 Å². The Bertz CT molecular complexity index is 459. The average Bonchev–Trinajstić information content (AvgIpc) is 2.59. The molecule has 1 aliphatic carbocycles. The number of rotatable bonds is 6. The second-order valence-corrected chi connectivity index (χ2v) is 6.39. The fourth-order valence-electron chi connectivity index (χ4n) is 3.31. The first kappa shape index (κ1) is 15.2. The summed E-state index contributed by atoms with van der Waals surface area (Å²) in [5, 5.41) is 4.58. The molecule has 1 heterocycles. The van der Waals surface area contributed by atoms with Crippen molar-refractivity contribution in [1.29, 1.82) is 0 Å². The number of likely N-dealkylation sites (N-methyl/N-ethyl adjacent to an activating group) is 2. The fourth-order valence-corrected chi connectivity index (χ4v) is 3.31. The molecule has 1 aromatic rings. The van der Waals surface area contributed by atoms with Gasteiger partial charge in [-0.15, -0.1) is 0 Å². The van der Waals surface area contributed by atoms with E-state index in [4.69, 9.17) is 5.73 Å². The van der Waals surface area contributed by atoms with Crippen LogP contribution in [-0.4, -0.2) is 47.9 Å². The van der Waals surface area contributed by atoms with E-state index in [0.717, 1.165) is 36.6 Å². The maximum atomic E-state index is 6.31. The third-order valence-corrected chi connectivity index (χ3v) is 4.74. The van der Waals surface area contributed by atoms with Gasteiger partial charge in [-0.25, -0.2) is 0 Å². The first-order valence-corrected chi connectivity index (χ1v) is 7.61. The molecule has 1 fully saturated rings. The molecular weight excluding hydrogens is 250 g/mol. The molecule has 0 unspecified atom stereocenters. The van der Waals surface area contributed by atoms with Crippen molar-refractivity contribution in [3.05, 3.63) is 5.69 Å². The van der Waals surface area contributed by atoms with Gasteiger partial charge in [-0.2, -0.15) is 5.10 Å². The summed E-state index contributed by atoms with van der Waals surface area (Å²) < 4.78 is 1.93. The molecule has 2 rings (SSSR count). The summed E-state index contributed by atoms with van der Waals surface area (Å²) in [6.45, 7) is 3.17. The van der Waals surface area contributed by atoms with Crippen LogP contribution in [0.5, 0.6) is 0 Å². The summed E-state index contributed by atoms with van der Waals surface area (Å²) in [5.41, 5.74) is 8.49. The van der Waals surface area contributed by atoms with Crippen molar-refractivity contribution in [3.63, 3.8) is 0 Å². The molecule has 20 heavy (non-hydrogen) atoms. The fraction of sp³-hybridized carbons (Fsp3) is 0.800. The van der Waals surface area contributed by atoms with Gasteiger partial charge in [0.1, 0.15) is 5.82 Å². The number of nitrogens with zero attached hydrogens (tertiary/aromatic N) is 4. The van der Waals surface area contributed by atoms with Gasteiger partial charge in [0.2, 0.25) is 0 Å². The van der Waals surface area contributed by atoms with Crippen molar-refractivity contribution in [1.82, 2.24) is 14.7 Å². The van der Waals surface area contributed by atoms with Crippen LogP contribution in [0.1, 0.15) is 38.3 Å². The predicted molar refractivity (Wildman–Crippen MR) is 85.2 cm³/mol. The Morgan fingerprint density at radius 1 is 1.30 bits per heavy atom. The molecule has 0 aliphatic heterocycles. The molecule has 0 bridgehead atoms. The number of aryl methyl sites for hydroxylation is 2. The second-order valence-electron chi connectivity index (χ2n) is 6.39. The van der Waals surface area contributed by atoms with Gasteiger partial charge in [-0.05, 0) is 39.8 Å². The highest BCUT2D eigenvalue weighted by Gasteiger charge is 2.40. The molecule has 1 aliphatic rings. The highest BCUT2D eigenvalue weighted by molar-refractivity contribution is 5.66. The van der Waals surface area contributed by atoms with E-state index in [-0.39, 0.29) is 0 Å². The maximum Gasteiger partial charge on any atom is 0.150 e. The second kappa shape index (κ2) is 5.64. The van der Waals surface area contributed by atoms with E-state index in [9.17, 15) is 0 Å². The third kappa shape index (κ3) is 2.51. The molecule has 1 aromatic heterocycles. The van der Waals surface area contributed by atoms with Gasteiger partial charge in [-0.3, -0.25) is 4.68 Å². The molecule has 5 nitrogen and oxygen atoms in total. The van der Waals surface area contributed by atoms with Crippen molar-refractivity contribution in [2.45, 2.75) is 44.6 Å². The molecule has 0 radical (unpaired) electrons. The SMILES string of the molecule is CCCc1nn(C)c(N(C)CC2(N(C)C)CCC2)c1N. The lowest BCUT2D eigenvalue weighted by atomic mass is 9.75. The van der Waals surface area contributed by atoms with Gasteiger partial charge in [0.05, 0.1) is 11.4 Å². The lowest BCUT2D eigenvalue weighted by Gasteiger charge is -2.49. The first-order valence-electron chi connectivity index (χ1n) is 7.61. The van der Waals surface area contributed by atoms with Crippen molar-refractivity contribution in [2.75, 3.05) is 38.3 Å². The van der Waals surface area contributed by atoms with Gasteiger partial charge in [0, 0.05) is 26.2 Å². The molecule has 0 aromatic carbocycles. The normalized spacial score (nSPS) is 17.3. The number of aromatic nitrogens is 2. The van der Waals surface area contributed by atoms with Crippen LogP contribution < -0.4 is 10.6 Å². The molecule has 2 N–H and O–H groups in total. The Kier molecular flexibility index (Phi) is 4.28. The zero-order chi connectivity index (χ0) is 14.9. The van der Waals surface area contributed by atoms with E-state index in [1.54, 1.807) is 0 Å². The Morgan fingerprint density at radius 3 is 2.40 bits per heavy atom. The van der Waals surface area contributed by atoms with Gasteiger partial charge in [0.25, 0.3) is 0 Å². The van der Waals surface area contributed by atoms with E-state index < -0.39 is 0 Å². The highest BCUT2D eigenvalue weighted by atomic mass is 15.4. The first-order chi connectivity index (χ1) is 9.41. The molecule has 1 saturated carbocycles. The summed E-state index contributed by atoms with van der Waals surface area (Å²) >= 11 is 0. The van der Waals surface area contributed by atoms with Gasteiger partial charge < -0.3 is 15.5 Å². The summed E-state index contributed by atoms with van der Waals surface area (Å²) in [7, 11) is 8.49. The monoisotopic (exact) mass is 279 g/mol. The highest BCUT2D eigenvalue weighted by Crippen LogP contribution is 2.38. The third-order valence-electron chi connectivity index (χ3n) is 4.74. The van der Waals surface area contributed by atoms with Crippen molar-refractivity contribution >= 4 is 11.5 Å². The number of hydrogen-bond donors (Lipinski definition) is 1. The van der Waals surface area contributed by atoms with Gasteiger partial charge in [0.15, 0.2) is 0 Å². The Hall–Kier alpha value is -1.23. The molecule has 5 heteroatoms. The minimum Gasteiger partial charge on any atom is -0.394 e.